The zero-order chi connectivity index (χ0) is 17.0. The van der Waals surface area contributed by atoms with E-state index in [0.29, 0.717) is 6.04 Å². The van der Waals surface area contributed by atoms with Gasteiger partial charge in [-0.25, -0.2) is 0 Å². The van der Waals surface area contributed by atoms with Crippen LogP contribution in [0, 0.1) is 5.92 Å². The molecule has 0 heterocycles. The Bertz CT molecular complexity index is 439. The molecule has 1 atom stereocenters. The lowest BCUT2D eigenvalue weighted by molar-refractivity contribution is 0.295. The van der Waals surface area contributed by atoms with Gasteiger partial charge in [-0.15, -0.1) is 0 Å². The van der Waals surface area contributed by atoms with Gasteiger partial charge < -0.3 is 10.1 Å². The second-order valence-corrected chi connectivity index (χ2v) is 7.43. The maximum absolute atomic E-state index is 6.09. The third kappa shape index (κ3) is 6.84. The predicted octanol–water partition coefficient (Wildman–Crippen LogP) is 6.27. The minimum Gasteiger partial charge on any atom is -0.493 e. The van der Waals surface area contributed by atoms with E-state index in [4.69, 9.17) is 4.74 Å². The van der Waals surface area contributed by atoms with Gasteiger partial charge in [0.1, 0.15) is 5.75 Å². The fourth-order valence-corrected chi connectivity index (χ4v) is 3.70. The number of nitrogens with one attached hydrogen (secondary N) is 1. The molecule has 1 aliphatic rings. The molecule has 1 aromatic carbocycles. The molecular formula is C22H37NO. The van der Waals surface area contributed by atoms with E-state index in [2.05, 4.69) is 43.4 Å². The fraction of sp³-hybridized carbons (Fsp3) is 0.727. The number of hydrogen-bond donors (Lipinski definition) is 1. The summed E-state index contributed by atoms with van der Waals surface area (Å²) in [5, 5.41) is 3.75. The van der Waals surface area contributed by atoms with E-state index >= 15 is 0 Å². The van der Waals surface area contributed by atoms with E-state index in [-0.39, 0.29) is 0 Å². The fourth-order valence-electron chi connectivity index (χ4n) is 3.70. The zero-order valence-electron chi connectivity index (χ0n) is 15.9. The van der Waals surface area contributed by atoms with Gasteiger partial charge in [0.15, 0.2) is 0 Å². The van der Waals surface area contributed by atoms with Crippen LogP contribution in [0.25, 0.3) is 0 Å². The Hall–Kier alpha value is -1.02. The molecule has 1 fully saturated rings. The predicted molar refractivity (Wildman–Crippen MR) is 104 cm³/mol. The Morgan fingerprint density at radius 1 is 1.04 bits per heavy atom. The van der Waals surface area contributed by atoms with E-state index < -0.39 is 0 Å². The molecule has 0 bridgehead atoms. The summed E-state index contributed by atoms with van der Waals surface area (Å²) < 4.78 is 6.09. The lowest BCUT2D eigenvalue weighted by atomic mass is 9.89. The minimum absolute atomic E-state index is 0.364. The monoisotopic (exact) mass is 331 g/mol. The first-order valence-electron chi connectivity index (χ1n) is 10.3. The third-order valence-corrected chi connectivity index (χ3v) is 5.33. The normalized spacial score (nSPS) is 16.9. The lowest BCUT2D eigenvalue weighted by Crippen LogP contribution is -2.27. The van der Waals surface area contributed by atoms with Gasteiger partial charge in [-0.2, -0.15) is 0 Å². The smallest absolute Gasteiger partial charge is 0.124 e. The van der Waals surface area contributed by atoms with Crippen LogP contribution in [0.2, 0.25) is 0 Å². The van der Waals surface area contributed by atoms with Crippen molar-refractivity contribution in [2.75, 3.05) is 13.2 Å². The van der Waals surface area contributed by atoms with Gasteiger partial charge in [0, 0.05) is 11.6 Å². The topological polar surface area (TPSA) is 21.3 Å². The molecule has 24 heavy (non-hydrogen) atoms. The number of hydrogen-bond acceptors (Lipinski definition) is 2. The first-order chi connectivity index (χ1) is 11.8. The second-order valence-electron chi connectivity index (χ2n) is 7.43. The summed E-state index contributed by atoms with van der Waals surface area (Å²) in [7, 11) is 0. The summed E-state index contributed by atoms with van der Waals surface area (Å²) in [6, 6.07) is 8.92. The molecule has 2 heteroatoms. The summed E-state index contributed by atoms with van der Waals surface area (Å²) in [4.78, 5) is 0. The Balaban J connectivity index is 1.76. The third-order valence-electron chi connectivity index (χ3n) is 5.33. The van der Waals surface area contributed by atoms with Crippen LogP contribution < -0.4 is 10.1 Å². The molecular weight excluding hydrogens is 294 g/mol. The lowest BCUT2D eigenvalue weighted by Gasteiger charge is -2.25. The highest BCUT2D eigenvalue weighted by Gasteiger charge is 2.16. The number of ether oxygens (including phenoxy) is 1. The summed E-state index contributed by atoms with van der Waals surface area (Å²) in [5.74, 6) is 1.93. The van der Waals surface area contributed by atoms with Crippen LogP contribution in [-0.2, 0) is 0 Å². The van der Waals surface area contributed by atoms with Crippen molar-refractivity contribution in [2.24, 2.45) is 5.92 Å². The highest BCUT2D eigenvalue weighted by atomic mass is 16.5. The van der Waals surface area contributed by atoms with E-state index in [9.17, 15) is 0 Å². The van der Waals surface area contributed by atoms with Gasteiger partial charge in [0.25, 0.3) is 0 Å². The Morgan fingerprint density at radius 2 is 1.79 bits per heavy atom. The van der Waals surface area contributed by atoms with Crippen LogP contribution >= 0.6 is 0 Å². The molecule has 2 rings (SSSR count). The van der Waals surface area contributed by atoms with Crippen molar-refractivity contribution in [3.8, 4) is 5.75 Å². The Morgan fingerprint density at radius 3 is 2.58 bits per heavy atom. The summed E-state index contributed by atoms with van der Waals surface area (Å²) in [6.45, 7) is 6.52. The van der Waals surface area contributed by atoms with E-state index in [0.717, 1.165) is 31.2 Å². The van der Waals surface area contributed by atoms with Crippen molar-refractivity contribution in [2.45, 2.75) is 84.1 Å². The Kier molecular flexibility index (Phi) is 9.27. The van der Waals surface area contributed by atoms with Crippen LogP contribution in [0.3, 0.4) is 0 Å². The van der Waals surface area contributed by atoms with Crippen molar-refractivity contribution < 1.29 is 4.74 Å². The summed E-state index contributed by atoms with van der Waals surface area (Å²) in [6.07, 6.45) is 13.5. The van der Waals surface area contributed by atoms with Crippen LogP contribution in [0.5, 0.6) is 5.75 Å². The van der Waals surface area contributed by atoms with Crippen LogP contribution in [0.4, 0.5) is 0 Å². The molecule has 136 valence electrons. The highest BCUT2D eigenvalue weighted by Crippen LogP contribution is 2.27. The van der Waals surface area contributed by atoms with Crippen LogP contribution in [0.1, 0.15) is 89.7 Å². The van der Waals surface area contributed by atoms with E-state index in [1.165, 1.54) is 63.4 Å². The number of rotatable bonds is 11. The first kappa shape index (κ1) is 19.3. The average Bonchev–Trinajstić information content (AvgIpc) is 2.64. The van der Waals surface area contributed by atoms with Crippen molar-refractivity contribution in [1.29, 1.82) is 0 Å². The zero-order valence-corrected chi connectivity index (χ0v) is 15.9. The molecule has 0 amide bonds. The van der Waals surface area contributed by atoms with Gasteiger partial charge in [-0.1, -0.05) is 70.1 Å². The molecule has 0 aromatic heterocycles. The summed E-state index contributed by atoms with van der Waals surface area (Å²) >= 11 is 0. The first-order valence-corrected chi connectivity index (χ1v) is 10.3. The maximum Gasteiger partial charge on any atom is 0.124 e. The van der Waals surface area contributed by atoms with Crippen LogP contribution in [0.15, 0.2) is 24.3 Å². The molecule has 2 nitrogen and oxygen atoms in total. The van der Waals surface area contributed by atoms with E-state index in [1.54, 1.807) is 0 Å². The largest absolute Gasteiger partial charge is 0.493 e. The minimum atomic E-state index is 0.364. The van der Waals surface area contributed by atoms with Gasteiger partial charge in [-0.05, 0) is 44.7 Å². The molecule has 1 aromatic rings. The Labute approximate surface area is 149 Å². The molecule has 0 saturated heterocycles. The number of para-hydroxylation sites is 1. The van der Waals surface area contributed by atoms with Gasteiger partial charge >= 0.3 is 0 Å². The van der Waals surface area contributed by atoms with Gasteiger partial charge in [-0.3, -0.25) is 0 Å². The van der Waals surface area contributed by atoms with Crippen LogP contribution in [-0.4, -0.2) is 13.2 Å². The van der Waals surface area contributed by atoms with Crippen molar-refractivity contribution in [1.82, 2.24) is 5.32 Å². The number of unbranched alkanes of at least 4 members (excludes halogenated alkanes) is 4. The molecule has 0 aliphatic heterocycles. The van der Waals surface area contributed by atoms with Gasteiger partial charge in [0.2, 0.25) is 0 Å². The van der Waals surface area contributed by atoms with Crippen molar-refractivity contribution in [3.63, 3.8) is 0 Å². The molecule has 0 radical (unpaired) electrons. The molecule has 1 saturated carbocycles. The molecule has 1 N–H and O–H groups in total. The quantitative estimate of drug-likeness (QED) is 0.483. The highest BCUT2D eigenvalue weighted by molar-refractivity contribution is 5.35. The van der Waals surface area contributed by atoms with Gasteiger partial charge in [0.05, 0.1) is 6.61 Å². The summed E-state index contributed by atoms with van der Waals surface area (Å²) in [5.41, 5.74) is 1.31. The maximum atomic E-state index is 6.09. The van der Waals surface area contributed by atoms with Crippen molar-refractivity contribution in [3.05, 3.63) is 29.8 Å². The SMILES string of the molecule is CCCCCCCOc1ccccc1C(C)NCC1CCCCC1. The second kappa shape index (κ2) is 11.5. The number of benzene rings is 1. The van der Waals surface area contributed by atoms with Crippen molar-refractivity contribution >= 4 is 0 Å². The molecule has 1 unspecified atom stereocenters. The van der Waals surface area contributed by atoms with E-state index in [1.807, 2.05) is 0 Å². The molecule has 0 spiro atoms. The standard InChI is InChI=1S/C22H37NO/c1-3-4-5-6-12-17-24-22-16-11-10-15-21(22)19(2)23-18-20-13-8-7-9-14-20/h10-11,15-16,19-20,23H,3-9,12-14,17-18H2,1-2H3. The average molecular weight is 332 g/mol. The molecule has 1 aliphatic carbocycles.